The Labute approximate surface area is 114 Å². The van der Waals surface area contributed by atoms with E-state index < -0.39 is 5.60 Å². The van der Waals surface area contributed by atoms with Crippen LogP contribution in [0.4, 0.5) is 4.79 Å². The van der Waals surface area contributed by atoms with E-state index in [1.165, 1.54) is 7.11 Å². The van der Waals surface area contributed by atoms with E-state index in [-0.39, 0.29) is 18.1 Å². The van der Waals surface area contributed by atoms with Gasteiger partial charge in [0.15, 0.2) is 0 Å². The predicted molar refractivity (Wildman–Crippen MR) is 70.8 cm³/mol. The number of ether oxygens (including phenoxy) is 2. The van der Waals surface area contributed by atoms with Gasteiger partial charge in [0.1, 0.15) is 5.60 Å². The van der Waals surface area contributed by atoms with Crippen LogP contribution in [0.15, 0.2) is 0 Å². The second-order valence-electron chi connectivity index (χ2n) is 5.77. The molecule has 0 aromatic heterocycles. The fraction of sp³-hybridized carbons (Fsp3) is 0.846. The molecule has 1 aliphatic rings. The normalized spacial score (nSPS) is 17.9. The van der Waals surface area contributed by atoms with Gasteiger partial charge in [-0.3, -0.25) is 9.69 Å². The van der Waals surface area contributed by atoms with Crippen molar-refractivity contribution in [3.63, 3.8) is 0 Å². The van der Waals surface area contributed by atoms with Gasteiger partial charge in [-0.05, 0) is 33.6 Å². The monoisotopic (exact) mass is 272 g/mol. The van der Waals surface area contributed by atoms with Gasteiger partial charge in [-0.25, -0.2) is 4.79 Å². The van der Waals surface area contributed by atoms with Gasteiger partial charge in [-0.1, -0.05) is 0 Å². The Bertz CT molecular complexity index is 317. The summed E-state index contributed by atoms with van der Waals surface area (Å²) in [7, 11) is 1.39. The molecular weight excluding hydrogens is 248 g/mol. The van der Waals surface area contributed by atoms with Gasteiger partial charge in [0.25, 0.3) is 0 Å². The molecule has 19 heavy (non-hydrogen) atoms. The molecule has 0 aliphatic carbocycles. The molecule has 0 bridgehead atoms. The van der Waals surface area contributed by atoms with E-state index in [9.17, 15) is 9.59 Å². The second-order valence-corrected chi connectivity index (χ2v) is 5.77. The summed E-state index contributed by atoms with van der Waals surface area (Å²) in [5.74, 6) is -0.224. The summed E-state index contributed by atoms with van der Waals surface area (Å²) < 4.78 is 9.84. The van der Waals surface area contributed by atoms with E-state index in [0.29, 0.717) is 6.54 Å². The lowest BCUT2D eigenvalue weighted by Gasteiger charge is -2.32. The highest BCUT2D eigenvalue weighted by atomic mass is 16.6. The van der Waals surface area contributed by atoms with Crippen LogP contribution in [0.2, 0.25) is 0 Å². The van der Waals surface area contributed by atoms with Crippen LogP contribution in [0.25, 0.3) is 0 Å². The van der Waals surface area contributed by atoms with Crippen molar-refractivity contribution in [1.29, 1.82) is 0 Å². The first kappa shape index (κ1) is 15.8. The molecule has 1 rings (SSSR count). The molecule has 1 fully saturated rings. The number of nitrogens with one attached hydrogen (secondary N) is 1. The van der Waals surface area contributed by atoms with Crippen LogP contribution in [-0.4, -0.2) is 55.3 Å². The van der Waals surface area contributed by atoms with Crippen molar-refractivity contribution in [2.75, 3.05) is 26.7 Å². The first-order chi connectivity index (χ1) is 8.80. The highest BCUT2D eigenvalue weighted by Crippen LogP contribution is 2.12. The lowest BCUT2D eigenvalue weighted by atomic mass is 10.1. The summed E-state index contributed by atoms with van der Waals surface area (Å²) in [6.45, 7) is 7.38. The minimum absolute atomic E-state index is 0.115. The number of piperidine rings is 1. The molecule has 0 aromatic rings. The van der Waals surface area contributed by atoms with Crippen molar-refractivity contribution < 1.29 is 19.1 Å². The lowest BCUT2D eigenvalue weighted by molar-refractivity contribution is -0.142. The number of methoxy groups -OCH3 is 1. The highest BCUT2D eigenvalue weighted by Gasteiger charge is 2.24. The molecule has 1 aliphatic heterocycles. The van der Waals surface area contributed by atoms with Crippen LogP contribution in [0.1, 0.15) is 33.6 Å². The minimum Gasteiger partial charge on any atom is -0.468 e. The maximum Gasteiger partial charge on any atom is 0.407 e. The van der Waals surface area contributed by atoms with E-state index in [0.717, 1.165) is 25.9 Å². The van der Waals surface area contributed by atoms with Crippen LogP contribution < -0.4 is 5.32 Å². The molecule has 110 valence electrons. The number of alkyl carbamates (subject to hydrolysis) is 1. The Balaban J connectivity index is 2.26. The molecule has 1 amide bonds. The fourth-order valence-electron chi connectivity index (χ4n) is 1.96. The van der Waals surface area contributed by atoms with Crippen LogP contribution in [0.5, 0.6) is 0 Å². The Morgan fingerprint density at radius 1 is 1.26 bits per heavy atom. The number of amides is 1. The second kappa shape index (κ2) is 6.75. The summed E-state index contributed by atoms with van der Waals surface area (Å²) in [4.78, 5) is 24.8. The number of esters is 1. The van der Waals surface area contributed by atoms with Gasteiger partial charge in [-0.2, -0.15) is 0 Å². The van der Waals surface area contributed by atoms with E-state index in [2.05, 4.69) is 10.1 Å². The van der Waals surface area contributed by atoms with E-state index in [1.54, 1.807) is 0 Å². The van der Waals surface area contributed by atoms with Crippen molar-refractivity contribution >= 4 is 12.1 Å². The van der Waals surface area contributed by atoms with Crippen molar-refractivity contribution in [3.8, 4) is 0 Å². The first-order valence-corrected chi connectivity index (χ1v) is 6.59. The van der Waals surface area contributed by atoms with Crippen LogP contribution >= 0.6 is 0 Å². The molecule has 1 saturated heterocycles. The summed E-state index contributed by atoms with van der Waals surface area (Å²) in [6, 6.07) is 0.115. The number of carbonyl (C=O) groups excluding carboxylic acids is 2. The van der Waals surface area contributed by atoms with E-state index in [1.807, 2.05) is 25.7 Å². The molecule has 0 atom stereocenters. The summed E-state index contributed by atoms with van der Waals surface area (Å²) >= 11 is 0. The highest BCUT2D eigenvalue weighted by molar-refractivity contribution is 5.71. The van der Waals surface area contributed by atoms with E-state index >= 15 is 0 Å². The average molecular weight is 272 g/mol. The Hall–Kier alpha value is -1.30. The van der Waals surface area contributed by atoms with Crippen molar-refractivity contribution in [3.05, 3.63) is 0 Å². The number of likely N-dealkylation sites (tertiary alicyclic amines) is 1. The summed E-state index contributed by atoms with van der Waals surface area (Å²) in [5.41, 5.74) is -0.477. The molecule has 1 N–H and O–H groups in total. The van der Waals surface area contributed by atoms with Gasteiger partial charge < -0.3 is 14.8 Å². The fourth-order valence-corrected chi connectivity index (χ4v) is 1.96. The summed E-state index contributed by atoms with van der Waals surface area (Å²) in [6.07, 6.45) is 1.26. The largest absolute Gasteiger partial charge is 0.468 e. The van der Waals surface area contributed by atoms with Crippen molar-refractivity contribution in [1.82, 2.24) is 10.2 Å². The minimum atomic E-state index is -0.477. The topological polar surface area (TPSA) is 67.9 Å². The SMILES string of the molecule is COC(=O)CN1CCC(NC(=O)OC(C)(C)C)CC1. The zero-order valence-corrected chi connectivity index (χ0v) is 12.2. The number of rotatable bonds is 3. The predicted octanol–water partition coefficient (Wildman–Crippen LogP) is 1.15. The molecule has 0 unspecified atom stereocenters. The average Bonchev–Trinajstić information content (AvgIpc) is 2.29. The maximum absolute atomic E-state index is 11.6. The number of nitrogens with zero attached hydrogens (tertiary/aromatic N) is 1. The zero-order valence-electron chi connectivity index (χ0n) is 12.2. The third-order valence-corrected chi connectivity index (χ3v) is 2.89. The Morgan fingerprint density at radius 3 is 2.32 bits per heavy atom. The summed E-state index contributed by atoms with van der Waals surface area (Å²) in [5, 5.41) is 2.86. The van der Waals surface area contributed by atoms with E-state index in [4.69, 9.17) is 4.74 Å². The molecule has 6 heteroatoms. The van der Waals surface area contributed by atoms with Crippen LogP contribution in [-0.2, 0) is 14.3 Å². The smallest absolute Gasteiger partial charge is 0.407 e. The molecule has 0 spiro atoms. The molecule has 0 saturated carbocycles. The molecular formula is C13H24N2O4. The Morgan fingerprint density at radius 2 is 1.84 bits per heavy atom. The zero-order chi connectivity index (χ0) is 14.5. The van der Waals surface area contributed by atoms with Crippen molar-refractivity contribution in [2.24, 2.45) is 0 Å². The van der Waals surface area contributed by atoms with Crippen LogP contribution in [0.3, 0.4) is 0 Å². The quantitative estimate of drug-likeness (QED) is 0.781. The first-order valence-electron chi connectivity index (χ1n) is 6.59. The molecule has 0 radical (unpaired) electrons. The van der Waals surface area contributed by atoms with Crippen LogP contribution in [0, 0.1) is 0 Å². The number of hydrogen-bond donors (Lipinski definition) is 1. The van der Waals surface area contributed by atoms with Gasteiger partial charge >= 0.3 is 12.1 Å². The standard InChI is InChI=1S/C13H24N2O4/c1-13(2,3)19-12(17)14-10-5-7-15(8-6-10)9-11(16)18-4/h10H,5-9H2,1-4H3,(H,14,17). The lowest BCUT2D eigenvalue weighted by Crippen LogP contribution is -2.47. The van der Waals surface area contributed by atoms with Gasteiger partial charge in [-0.15, -0.1) is 0 Å². The van der Waals surface area contributed by atoms with Gasteiger partial charge in [0.05, 0.1) is 13.7 Å². The molecule has 1 heterocycles. The van der Waals surface area contributed by atoms with Gasteiger partial charge in [0, 0.05) is 19.1 Å². The maximum atomic E-state index is 11.6. The van der Waals surface area contributed by atoms with Gasteiger partial charge in [0.2, 0.25) is 0 Å². The number of hydrogen-bond acceptors (Lipinski definition) is 5. The molecule has 6 nitrogen and oxygen atoms in total. The van der Waals surface area contributed by atoms with Crippen molar-refractivity contribution in [2.45, 2.75) is 45.3 Å². The Kier molecular flexibility index (Phi) is 5.60. The third kappa shape index (κ3) is 6.42. The molecule has 0 aromatic carbocycles. The third-order valence-electron chi connectivity index (χ3n) is 2.89. The number of carbonyl (C=O) groups is 2.